The van der Waals surface area contributed by atoms with E-state index in [1.54, 1.807) is 24.5 Å². The van der Waals surface area contributed by atoms with Gasteiger partial charge in [0.2, 0.25) is 0 Å². The lowest BCUT2D eigenvalue weighted by Crippen LogP contribution is -2.28. The summed E-state index contributed by atoms with van der Waals surface area (Å²) in [7, 11) is 0. The number of hydrogen-bond acceptors (Lipinski definition) is 3. The predicted octanol–water partition coefficient (Wildman–Crippen LogP) is 2.80. The Morgan fingerprint density at radius 3 is 2.53 bits per heavy atom. The minimum atomic E-state index is -0.0422. The molecule has 0 aliphatic carbocycles. The van der Waals surface area contributed by atoms with Crippen molar-refractivity contribution in [3.63, 3.8) is 0 Å². The molecule has 19 heavy (non-hydrogen) atoms. The predicted molar refractivity (Wildman–Crippen MR) is 75.9 cm³/mol. The summed E-state index contributed by atoms with van der Waals surface area (Å²) in [6.07, 6.45) is 5.45. The molecule has 100 valence electrons. The maximum atomic E-state index is 12.1. The third-order valence-electron chi connectivity index (χ3n) is 3.44. The Labute approximate surface area is 113 Å². The Hall–Kier alpha value is -1.97. The van der Waals surface area contributed by atoms with Crippen LogP contribution in [0.5, 0.6) is 0 Å². The highest BCUT2D eigenvalue weighted by molar-refractivity contribution is 5.97. The normalized spacial score (nSPS) is 10.9. The van der Waals surface area contributed by atoms with Gasteiger partial charge in [-0.15, -0.1) is 0 Å². The number of nitrogens with one attached hydrogen (secondary N) is 1. The van der Waals surface area contributed by atoms with Crippen molar-refractivity contribution in [3.8, 4) is 0 Å². The van der Waals surface area contributed by atoms with Crippen LogP contribution in [0.3, 0.4) is 0 Å². The topological polar surface area (TPSA) is 54.9 Å². The molecular weight excluding hydrogens is 238 g/mol. The molecular formula is C15H19N3O. The quantitative estimate of drug-likeness (QED) is 0.896. The highest BCUT2D eigenvalue weighted by Gasteiger charge is 2.09. The summed E-state index contributed by atoms with van der Waals surface area (Å²) in [5.74, 6) is 0.503. The lowest BCUT2D eigenvalue weighted by molar-refractivity contribution is 0.0946. The lowest BCUT2D eigenvalue weighted by atomic mass is 10.0. The molecule has 0 saturated carbocycles. The summed E-state index contributed by atoms with van der Waals surface area (Å²) >= 11 is 0. The highest BCUT2D eigenvalue weighted by atomic mass is 16.1. The molecule has 1 aromatic carbocycles. The standard InChI is InChI=1S/C15H19N3O/c1-3-11(4-2)10-18-15(19)12-5-6-13-14(9-12)17-8-7-16-13/h5-9,11H,3-4,10H2,1-2H3,(H,18,19). The van der Waals surface area contributed by atoms with Gasteiger partial charge in [0.15, 0.2) is 0 Å². The van der Waals surface area contributed by atoms with Crippen LogP contribution >= 0.6 is 0 Å². The second-order valence-electron chi connectivity index (χ2n) is 4.65. The van der Waals surface area contributed by atoms with Crippen molar-refractivity contribution < 1.29 is 4.79 Å². The number of nitrogens with zero attached hydrogens (tertiary/aromatic N) is 2. The average Bonchev–Trinajstić information content (AvgIpc) is 2.47. The van der Waals surface area contributed by atoms with Crippen molar-refractivity contribution >= 4 is 16.9 Å². The van der Waals surface area contributed by atoms with E-state index in [0.717, 1.165) is 30.4 Å². The summed E-state index contributed by atoms with van der Waals surface area (Å²) in [6, 6.07) is 5.40. The molecule has 1 heterocycles. The van der Waals surface area contributed by atoms with E-state index in [1.165, 1.54) is 0 Å². The molecule has 0 fully saturated rings. The van der Waals surface area contributed by atoms with Crippen LogP contribution in [0.2, 0.25) is 0 Å². The van der Waals surface area contributed by atoms with Crippen molar-refractivity contribution in [1.29, 1.82) is 0 Å². The molecule has 0 saturated heterocycles. The number of amides is 1. The van der Waals surface area contributed by atoms with E-state index in [-0.39, 0.29) is 5.91 Å². The van der Waals surface area contributed by atoms with E-state index >= 15 is 0 Å². The number of benzene rings is 1. The van der Waals surface area contributed by atoms with Crippen molar-refractivity contribution in [1.82, 2.24) is 15.3 Å². The van der Waals surface area contributed by atoms with Crippen LogP contribution in [0.25, 0.3) is 11.0 Å². The summed E-state index contributed by atoms with van der Waals surface area (Å²) < 4.78 is 0. The highest BCUT2D eigenvalue weighted by Crippen LogP contribution is 2.11. The lowest BCUT2D eigenvalue weighted by Gasteiger charge is -2.13. The van der Waals surface area contributed by atoms with Crippen LogP contribution < -0.4 is 5.32 Å². The van der Waals surface area contributed by atoms with Gasteiger partial charge in [0.05, 0.1) is 11.0 Å². The first kappa shape index (κ1) is 13.5. The number of carbonyl (C=O) groups excluding carboxylic acids is 1. The molecule has 0 atom stereocenters. The first-order valence-corrected chi connectivity index (χ1v) is 6.73. The molecule has 0 aliphatic heterocycles. The molecule has 4 nitrogen and oxygen atoms in total. The molecule has 0 aliphatic rings. The van der Waals surface area contributed by atoms with Gasteiger partial charge < -0.3 is 5.32 Å². The van der Waals surface area contributed by atoms with Crippen molar-refractivity contribution in [2.24, 2.45) is 5.92 Å². The second kappa shape index (κ2) is 6.27. The largest absolute Gasteiger partial charge is 0.352 e. The first-order valence-electron chi connectivity index (χ1n) is 6.73. The molecule has 0 unspecified atom stereocenters. The minimum Gasteiger partial charge on any atom is -0.352 e. The van der Waals surface area contributed by atoms with Gasteiger partial charge in [-0.25, -0.2) is 0 Å². The Morgan fingerprint density at radius 1 is 1.16 bits per heavy atom. The zero-order chi connectivity index (χ0) is 13.7. The molecule has 4 heteroatoms. The van der Waals surface area contributed by atoms with Gasteiger partial charge in [0.25, 0.3) is 5.91 Å². The van der Waals surface area contributed by atoms with Gasteiger partial charge >= 0.3 is 0 Å². The van der Waals surface area contributed by atoms with E-state index < -0.39 is 0 Å². The smallest absolute Gasteiger partial charge is 0.251 e. The molecule has 0 radical (unpaired) electrons. The summed E-state index contributed by atoms with van der Waals surface area (Å²) in [5.41, 5.74) is 2.19. The van der Waals surface area contributed by atoms with E-state index in [9.17, 15) is 4.79 Å². The van der Waals surface area contributed by atoms with Crippen LogP contribution in [-0.4, -0.2) is 22.4 Å². The fourth-order valence-corrected chi connectivity index (χ4v) is 2.02. The van der Waals surface area contributed by atoms with Crippen molar-refractivity contribution in [2.45, 2.75) is 26.7 Å². The number of fused-ring (bicyclic) bond motifs is 1. The second-order valence-corrected chi connectivity index (χ2v) is 4.65. The number of carbonyl (C=O) groups is 1. The molecule has 0 bridgehead atoms. The van der Waals surface area contributed by atoms with Crippen LogP contribution in [0, 0.1) is 5.92 Å². The zero-order valence-corrected chi connectivity index (χ0v) is 11.4. The third kappa shape index (κ3) is 3.28. The SMILES string of the molecule is CCC(CC)CNC(=O)c1ccc2nccnc2c1. The molecule has 1 aromatic heterocycles. The van der Waals surface area contributed by atoms with Crippen LogP contribution in [0.1, 0.15) is 37.0 Å². The summed E-state index contributed by atoms with van der Waals surface area (Å²) in [6.45, 7) is 5.02. The number of rotatable bonds is 5. The zero-order valence-electron chi connectivity index (χ0n) is 11.4. The maximum absolute atomic E-state index is 12.1. The maximum Gasteiger partial charge on any atom is 0.251 e. The van der Waals surface area contributed by atoms with Crippen LogP contribution in [0.15, 0.2) is 30.6 Å². The Bertz CT molecular complexity index is 564. The van der Waals surface area contributed by atoms with Gasteiger partial charge in [0.1, 0.15) is 0 Å². The fourth-order valence-electron chi connectivity index (χ4n) is 2.02. The number of aromatic nitrogens is 2. The summed E-state index contributed by atoms with van der Waals surface area (Å²) in [5, 5.41) is 2.98. The average molecular weight is 257 g/mol. The Kier molecular flexibility index (Phi) is 4.44. The van der Waals surface area contributed by atoms with Crippen LogP contribution in [0.4, 0.5) is 0 Å². The Balaban J connectivity index is 2.09. The van der Waals surface area contributed by atoms with E-state index in [4.69, 9.17) is 0 Å². The third-order valence-corrected chi connectivity index (χ3v) is 3.44. The monoisotopic (exact) mass is 257 g/mol. The van der Waals surface area contributed by atoms with Gasteiger partial charge in [-0.05, 0) is 24.1 Å². The fraction of sp³-hybridized carbons (Fsp3) is 0.400. The number of hydrogen-bond donors (Lipinski definition) is 1. The molecule has 2 aromatic rings. The van der Waals surface area contributed by atoms with E-state index in [1.807, 2.05) is 6.07 Å². The van der Waals surface area contributed by atoms with Gasteiger partial charge in [-0.2, -0.15) is 0 Å². The molecule has 2 rings (SSSR count). The first-order chi connectivity index (χ1) is 9.24. The van der Waals surface area contributed by atoms with Crippen molar-refractivity contribution in [3.05, 3.63) is 36.2 Å². The molecule has 1 N–H and O–H groups in total. The van der Waals surface area contributed by atoms with E-state index in [0.29, 0.717) is 11.5 Å². The van der Waals surface area contributed by atoms with Gasteiger partial charge in [0, 0.05) is 24.5 Å². The molecule has 0 spiro atoms. The van der Waals surface area contributed by atoms with Gasteiger partial charge in [-0.1, -0.05) is 26.7 Å². The Morgan fingerprint density at radius 2 is 1.84 bits per heavy atom. The van der Waals surface area contributed by atoms with Crippen LogP contribution in [-0.2, 0) is 0 Å². The minimum absolute atomic E-state index is 0.0422. The molecule has 1 amide bonds. The van der Waals surface area contributed by atoms with E-state index in [2.05, 4.69) is 29.1 Å². The van der Waals surface area contributed by atoms with Gasteiger partial charge in [-0.3, -0.25) is 14.8 Å². The van der Waals surface area contributed by atoms with Crippen molar-refractivity contribution in [2.75, 3.05) is 6.54 Å². The summed E-state index contributed by atoms with van der Waals surface area (Å²) in [4.78, 5) is 20.5.